The summed E-state index contributed by atoms with van der Waals surface area (Å²) in [6.07, 6.45) is 7.68. The molecule has 0 aromatic heterocycles. The third kappa shape index (κ3) is 4.73. The van der Waals surface area contributed by atoms with Crippen molar-refractivity contribution in [2.45, 2.75) is 50.5 Å². The number of carbonyl (C=O) groups excluding carboxylic acids is 3. The van der Waals surface area contributed by atoms with Crippen LogP contribution in [0.15, 0.2) is 70.9 Å². The normalized spacial score (nSPS) is 24.7. The molecule has 10 heteroatoms. The second-order valence-electron chi connectivity index (χ2n) is 12.2. The summed E-state index contributed by atoms with van der Waals surface area (Å²) >= 11 is 0. The number of likely N-dealkylation sites (tertiary alicyclic amines) is 1. The fourth-order valence-corrected chi connectivity index (χ4v) is 7.23. The van der Waals surface area contributed by atoms with Gasteiger partial charge >= 0.3 is 0 Å². The summed E-state index contributed by atoms with van der Waals surface area (Å²) in [7, 11) is -3.34. The zero-order valence-corrected chi connectivity index (χ0v) is 24.2. The quantitative estimate of drug-likeness (QED) is 0.504. The van der Waals surface area contributed by atoms with Gasteiger partial charge in [0.2, 0.25) is 17.7 Å². The van der Waals surface area contributed by atoms with Crippen LogP contribution in [0.4, 0.5) is 5.69 Å². The molecule has 214 valence electrons. The summed E-state index contributed by atoms with van der Waals surface area (Å²) < 4.78 is 23.8. The van der Waals surface area contributed by atoms with Crippen LogP contribution in [0.2, 0.25) is 0 Å². The number of hydrogen-bond acceptors (Lipinski definition) is 6. The van der Waals surface area contributed by atoms with Crippen LogP contribution in [0.3, 0.4) is 0 Å². The highest BCUT2D eigenvalue weighted by Crippen LogP contribution is 2.48. The van der Waals surface area contributed by atoms with Gasteiger partial charge in [-0.05, 0) is 66.6 Å². The molecule has 0 bridgehead atoms. The van der Waals surface area contributed by atoms with E-state index in [-0.39, 0.29) is 35.2 Å². The molecule has 3 N–H and O–H groups in total. The summed E-state index contributed by atoms with van der Waals surface area (Å²) in [5, 5.41) is 9.20. The van der Waals surface area contributed by atoms with Crippen molar-refractivity contribution in [3.05, 3.63) is 82.7 Å². The second-order valence-corrected chi connectivity index (χ2v) is 14.2. The molecule has 3 heterocycles. The fourth-order valence-electron chi connectivity index (χ4n) is 6.60. The highest BCUT2D eigenvalue weighted by molar-refractivity contribution is 7.90. The topological polar surface area (TPSA) is 125 Å². The van der Waals surface area contributed by atoms with Crippen molar-refractivity contribution < 1.29 is 22.8 Å². The first-order valence-electron chi connectivity index (χ1n) is 13.9. The summed E-state index contributed by atoms with van der Waals surface area (Å²) in [4.78, 5) is 41.7. The molecule has 1 aliphatic carbocycles. The highest BCUT2D eigenvalue weighted by Gasteiger charge is 2.51. The van der Waals surface area contributed by atoms with Crippen molar-refractivity contribution in [2.24, 2.45) is 10.8 Å². The van der Waals surface area contributed by atoms with Crippen LogP contribution in [0.1, 0.15) is 49.4 Å². The lowest BCUT2D eigenvalue weighted by atomic mass is 9.78. The first-order valence-corrected chi connectivity index (χ1v) is 15.8. The third-order valence-corrected chi connectivity index (χ3v) is 10.0. The number of benzene rings is 2. The Morgan fingerprint density at radius 1 is 1.07 bits per heavy atom. The van der Waals surface area contributed by atoms with Crippen molar-refractivity contribution >= 4 is 33.2 Å². The van der Waals surface area contributed by atoms with Crippen LogP contribution >= 0.6 is 0 Å². The number of rotatable bonds is 5. The third-order valence-electron chi connectivity index (χ3n) is 8.88. The zero-order chi connectivity index (χ0) is 29.2. The minimum absolute atomic E-state index is 0.00910. The number of sulfone groups is 1. The van der Waals surface area contributed by atoms with Crippen molar-refractivity contribution in [2.75, 3.05) is 24.7 Å². The number of carbonyl (C=O) groups is 3. The second kappa shape index (κ2) is 9.58. The lowest BCUT2D eigenvalue weighted by molar-refractivity contribution is -0.150. The molecule has 6 rings (SSSR count). The molecular weight excluding hydrogens is 540 g/mol. The average molecular weight is 575 g/mol. The molecule has 3 aliphatic heterocycles. The van der Waals surface area contributed by atoms with E-state index in [0.29, 0.717) is 37.9 Å². The number of nitrogens with one attached hydrogen (secondary N) is 3. The first kappa shape index (κ1) is 27.3. The molecule has 2 aromatic rings. The summed E-state index contributed by atoms with van der Waals surface area (Å²) in [6, 6.07) is 12.0. The van der Waals surface area contributed by atoms with Gasteiger partial charge in [-0.15, -0.1) is 0 Å². The van der Waals surface area contributed by atoms with Crippen molar-refractivity contribution in [1.29, 1.82) is 0 Å². The first-order chi connectivity index (χ1) is 19.4. The predicted octanol–water partition coefficient (Wildman–Crippen LogP) is 3.00. The Balaban J connectivity index is 1.20. The van der Waals surface area contributed by atoms with E-state index in [1.165, 1.54) is 0 Å². The van der Waals surface area contributed by atoms with Gasteiger partial charge in [0.05, 0.1) is 16.4 Å². The minimum Gasteiger partial charge on any atom is -0.368 e. The number of nitrogens with zero attached hydrogens (tertiary/aromatic N) is 1. The minimum atomic E-state index is -3.34. The number of dihydropyridines is 1. The molecule has 0 unspecified atom stereocenters. The van der Waals surface area contributed by atoms with Gasteiger partial charge in [-0.2, -0.15) is 0 Å². The molecule has 1 fully saturated rings. The van der Waals surface area contributed by atoms with E-state index in [0.717, 1.165) is 34.3 Å². The van der Waals surface area contributed by atoms with Crippen molar-refractivity contribution in [3.63, 3.8) is 0 Å². The fraction of sp³-hybridized carbons (Fsp3) is 0.387. The van der Waals surface area contributed by atoms with Crippen LogP contribution in [-0.4, -0.2) is 50.4 Å². The van der Waals surface area contributed by atoms with E-state index in [1.807, 2.05) is 44.2 Å². The van der Waals surface area contributed by atoms with Gasteiger partial charge in [0.1, 0.15) is 12.4 Å². The molecule has 9 nitrogen and oxygen atoms in total. The Morgan fingerprint density at radius 2 is 1.80 bits per heavy atom. The maximum Gasteiger partial charge on any atom is 0.244 e. The monoisotopic (exact) mass is 574 g/mol. The van der Waals surface area contributed by atoms with Gasteiger partial charge in [0, 0.05) is 29.5 Å². The van der Waals surface area contributed by atoms with Gasteiger partial charge in [0.15, 0.2) is 9.84 Å². The maximum atomic E-state index is 13.5. The van der Waals surface area contributed by atoms with E-state index in [2.05, 4.69) is 16.0 Å². The van der Waals surface area contributed by atoms with E-state index in [1.54, 1.807) is 29.2 Å². The van der Waals surface area contributed by atoms with Crippen LogP contribution in [-0.2, 0) is 37.1 Å². The molecule has 0 saturated carbocycles. The van der Waals surface area contributed by atoms with Gasteiger partial charge < -0.3 is 20.9 Å². The van der Waals surface area contributed by atoms with E-state index >= 15 is 0 Å². The summed E-state index contributed by atoms with van der Waals surface area (Å²) in [5.74, 6) is 0.348. The van der Waals surface area contributed by atoms with Gasteiger partial charge in [-0.1, -0.05) is 44.2 Å². The number of anilines is 1. The molecule has 1 saturated heterocycles. The lowest BCUT2D eigenvalue weighted by Crippen LogP contribution is -2.50. The summed E-state index contributed by atoms with van der Waals surface area (Å²) in [5.41, 5.74) is 3.25. The van der Waals surface area contributed by atoms with Gasteiger partial charge in [-0.3, -0.25) is 14.4 Å². The molecule has 4 aliphatic rings. The number of allylic oxidation sites excluding steroid dienone is 1. The Labute approximate surface area is 240 Å². The SMILES string of the molecule is CC1(C)CC[C@@H](c2ccc(S(C)(=O)=O)cc2)N(CC(=O)Nc2ccc3c(c2)C[C@@]2(C3)C(=O)NC3=C2C=CCN3)C1=O. The largest absolute Gasteiger partial charge is 0.368 e. The number of fused-ring (bicyclic) bond motifs is 2. The number of piperidine rings is 1. The van der Waals surface area contributed by atoms with Gasteiger partial charge in [0.25, 0.3) is 0 Å². The van der Waals surface area contributed by atoms with E-state index in [4.69, 9.17) is 0 Å². The van der Waals surface area contributed by atoms with Crippen LogP contribution < -0.4 is 16.0 Å². The summed E-state index contributed by atoms with van der Waals surface area (Å²) in [6.45, 7) is 4.33. The molecule has 2 aromatic carbocycles. The molecule has 0 radical (unpaired) electrons. The standard InChI is InChI=1S/C31H34N4O5S/c1-30(2)13-12-25(19-7-10-23(11-8-19)41(3,39)40)35(29(30)38)18-26(36)33-22-9-6-20-16-31(17-21(20)15-22)24-5-4-14-32-27(24)34-28(31)37/h4-11,15,25,32H,12-14,16-18H2,1-3H3,(H,33,36)(H,34,37)/t25-,31+/m0/s1. The van der Waals surface area contributed by atoms with Crippen LogP contribution in [0, 0.1) is 10.8 Å². The molecule has 41 heavy (non-hydrogen) atoms. The predicted molar refractivity (Wildman–Crippen MR) is 154 cm³/mol. The molecule has 2 atom stereocenters. The molecule has 1 spiro atoms. The Bertz CT molecular complexity index is 1640. The molecule has 3 amide bonds. The average Bonchev–Trinajstić information content (AvgIpc) is 3.43. The Hall–Kier alpha value is -3.92. The van der Waals surface area contributed by atoms with E-state index < -0.39 is 20.7 Å². The Morgan fingerprint density at radius 3 is 2.54 bits per heavy atom. The van der Waals surface area contributed by atoms with Gasteiger partial charge in [-0.25, -0.2) is 8.42 Å². The number of amides is 3. The maximum absolute atomic E-state index is 13.5. The smallest absolute Gasteiger partial charge is 0.244 e. The van der Waals surface area contributed by atoms with Crippen LogP contribution in [0.25, 0.3) is 0 Å². The highest BCUT2D eigenvalue weighted by atomic mass is 32.2. The van der Waals surface area contributed by atoms with Crippen molar-refractivity contribution in [3.8, 4) is 0 Å². The Kier molecular flexibility index (Phi) is 6.37. The van der Waals surface area contributed by atoms with Crippen molar-refractivity contribution in [1.82, 2.24) is 15.5 Å². The molecular formula is C31H34N4O5S. The lowest BCUT2D eigenvalue weighted by Gasteiger charge is -2.43. The van der Waals surface area contributed by atoms with E-state index in [9.17, 15) is 22.8 Å². The van der Waals surface area contributed by atoms with Crippen LogP contribution in [0.5, 0.6) is 0 Å². The number of hydrogen-bond donors (Lipinski definition) is 3. The zero-order valence-electron chi connectivity index (χ0n) is 23.4.